The monoisotopic (exact) mass is 497 g/mol. The van der Waals surface area contributed by atoms with E-state index in [1.54, 1.807) is 66.3 Å². The first kappa shape index (κ1) is 23.9. The molecule has 0 atom stereocenters. The van der Waals surface area contributed by atoms with E-state index in [2.05, 4.69) is 25.7 Å². The molecule has 10 heteroatoms. The number of halogens is 1. The third-order valence-electron chi connectivity index (χ3n) is 6.08. The molecule has 3 heterocycles. The number of amides is 1. The van der Waals surface area contributed by atoms with Crippen molar-refractivity contribution in [2.75, 3.05) is 5.32 Å². The lowest BCUT2D eigenvalue weighted by atomic mass is 10.1. The Morgan fingerprint density at radius 2 is 1.65 bits per heavy atom. The summed E-state index contributed by atoms with van der Waals surface area (Å²) in [6.45, 7) is 5.96. The number of carbonyl (C=O) groups excluding carboxylic acids is 1. The van der Waals surface area contributed by atoms with Crippen LogP contribution in [0.1, 0.15) is 27.4 Å². The van der Waals surface area contributed by atoms with E-state index in [0.717, 1.165) is 22.5 Å². The van der Waals surface area contributed by atoms with Gasteiger partial charge in [-0.25, -0.2) is 9.07 Å². The summed E-state index contributed by atoms with van der Waals surface area (Å²) in [5.74, 6) is 0.835. The lowest BCUT2D eigenvalue weighted by Gasteiger charge is -2.08. The fourth-order valence-corrected chi connectivity index (χ4v) is 3.79. The molecule has 0 fully saturated rings. The Kier molecular flexibility index (Phi) is 6.22. The topological polar surface area (TPSA) is 99.8 Å². The predicted octanol–water partition coefficient (Wildman–Crippen LogP) is 5.17. The molecule has 1 N–H and O–H groups in total. The molecule has 0 spiro atoms. The Labute approximate surface area is 212 Å². The van der Waals surface area contributed by atoms with Crippen LogP contribution in [0.4, 0.5) is 10.1 Å². The smallest absolute Gasteiger partial charge is 0.273 e. The van der Waals surface area contributed by atoms with Crippen molar-refractivity contribution in [2.45, 2.75) is 20.8 Å². The number of rotatable bonds is 6. The number of benzene rings is 2. The average molecular weight is 498 g/mol. The van der Waals surface area contributed by atoms with Crippen molar-refractivity contribution in [1.82, 2.24) is 29.8 Å². The van der Waals surface area contributed by atoms with Gasteiger partial charge in [0.1, 0.15) is 17.3 Å². The first-order valence-electron chi connectivity index (χ1n) is 11.5. The van der Waals surface area contributed by atoms with E-state index >= 15 is 0 Å². The number of nitrogens with zero attached hydrogens (tertiary/aromatic N) is 6. The van der Waals surface area contributed by atoms with Gasteiger partial charge in [0.2, 0.25) is 5.88 Å². The van der Waals surface area contributed by atoms with Gasteiger partial charge in [0.25, 0.3) is 5.91 Å². The van der Waals surface area contributed by atoms with Crippen LogP contribution in [0.2, 0.25) is 0 Å². The predicted molar refractivity (Wildman–Crippen MR) is 136 cm³/mol. The number of carbonyl (C=O) groups is 1. The molecule has 2 aromatic carbocycles. The zero-order valence-electron chi connectivity index (χ0n) is 20.7. The van der Waals surface area contributed by atoms with E-state index < -0.39 is 0 Å². The van der Waals surface area contributed by atoms with Crippen LogP contribution in [0, 0.1) is 26.6 Å². The summed E-state index contributed by atoms with van der Waals surface area (Å²) in [4.78, 5) is 12.8. The van der Waals surface area contributed by atoms with Crippen LogP contribution in [-0.4, -0.2) is 35.7 Å². The lowest BCUT2D eigenvalue weighted by molar-refractivity contribution is 0.101. The molecule has 9 nitrogen and oxygen atoms in total. The van der Waals surface area contributed by atoms with Gasteiger partial charge in [-0.3, -0.25) is 9.48 Å². The zero-order chi connectivity index (χ0) is 26.1. The molecule has 1 amide bonds. The van der Waals surface area contributed by atoms with Gasteiger partial charge in [0.05, 0.1) is 11.4 Å². The van der Waals surface area contributed by atoms with Crippen molar-refractivity contribution in [3.63, 3.8) is 0 Å². The van der Waals surface area contributed by atoms with Crippen LogP contribution in [0.5, 0.6) is 11.6 Å². The molecule has 0 aliphatic rings. The number of aromatic nitrogens is 6. The number of ether oxygens (including phenoxy) is 1. The third kappa shape index (κ3) is 4.94. The second-order valence-corrected chi connectivity index (χ2v) is 8.56. The summed E-state index contributed by atoms with van der Waals surface area (Å²) in [6.07, 6.45) is 0. The number of anilines is 1. The highest BCUT2D eigenvalue weighted by Gasteiger charge is 2.15. The minimum Gasteiger partial charge on any atom is -0.438 e. The standard InChI is InChI=1S/C27H24FN7O2/c1-16-17(2)32-35(18(16)3)25-13-14-26(31-30-25)37-22-11-9-21(10-12-22)29-27(36)24-15-23(33-34(24)4)19-5-7-20(28)8-6-19/h5-15H,1-4H3,(H,29,36). The Hall–Kier alpha value is -4.86. The van der Waals surface area contributed by atoms with Gasteiger partial charge < -0.3 is 10.1 Å². The van der Waals surface area contributed by atoms with Crippen molar-refractivity contribution in [3.05, 3.63) is 95.2 Å². The van der Waals surface area contributed by atoms with Crippen molar-refractivity contribution in [3.8, 4) is 28.7 Å². The molecule has 0 unspecified atom stereocenters. The molecule has 0 bridgehead atoms. The first-order chi connectivity index (χ1) is 17.8. The molecule has 37 heavy (non-hydrogen) atoms. The second kappa shape index (κ2) is 9.65. The van der Waals surface area contributed by atoms with Gasteiger partial charge >= 0.3 is 0 Å². The van der Waals surface area contributed by atoms with Crippen molar-refractivity contribution < 1.29 is 13.9 Å². The Bertz CT molecular complexity index is 1570. The van der Waals surface area contributed by atoms with Gasteiger partial charge in [-0.15, -0.1) is 10.2 Å². The highest BCUT2D eigenvalue weighted by atomic mass is 19.1. The molecule has 5 aromatic rings. The third-order valence-corrected chi connectivity index (χ3v) is 6.08. The van der Waals surface area contributed by atoms with Crippen molar-refractivity contribution in [1.29, 1.82) is 0 Å². The minimum atomic E-state index is -0.330. The Morgan fingerprint density at radius 1 is 0.919 bits per heavy atom. The summed E-state index contributed by atoms with van der Waals surface area (Å²) in [7, 11) is 1.68. The van der Waals surface area contributed by atoms with Crippen LogP contribution < -0.4 is 10.1 Å². The summed E-state index contributed by atoms with van der Waals surface area (Å²) in [5.41, 5.74) is 5.33. The molecule has 0 saturated carbocycles. The minimum absolute atomic E-state index is 0.321. The van der Waals surface area contributed by atoms with E-state index in [1.807, 2.05) is 20.8 Å². The first-order valence-corrected chi connectivity index (χ1v) is 11.5. The summed E-state index contributed by atoms with van der Waals surface area (Å²) >= 11 is 0. The quantitative estimate of drug-likeness (QED) is 0.347. The van der Waals surface area contributed by atoms with Crippen molar-refractivity contribution in [2.24, 2.45) is 7.05 Å². The van der Waals surface area contributed by atoms with Crippen LogP contribution in [0.25, 0.3) is 17.1 Å². The molecular formula is C27H24FN7O2. The van der Waals surface area contributed by atoms with Gasteiger partial charge in [-0.05, 0) is 87.0 Å². The van der Waals surface area contributed by atoms with E-state index in [0.29, 0.717) is 34.5 Å². The summed E-state index contributed by atoms with van der Waals surface area (Å²) in [5, 5.41) is 20.1. The molecule has 0 aliphatic heterocycles. The maximum atomic E-state index is 13.2. The maximum absolute atomic E-state index is 13.2. The van der Waals surface area contributed by atoms with Gasteiger partial charge in [-0.2, -0.15) is 10.2 Å². The molecule has 3 aromatic heterocycles. The SMILES string of the molecule is Cc1nn(-c2ccc(Oc3ccc(NC(=O)c4cc(-c5ccc(F)cc5)nn4C)cc3)nn2)c(C)c1C. The van der Waals surface area contributed by atoms with E-state index in [9.17, 15) is 9.18 Å². The molecular weight excluding hydrogens is 473 g/mol. The van der Waals surface area contributed by atoms with Gasteiger partial charge in [0.15, 0.2) is 5.82 Å². The average Bonchev–Trinajstić information content (AvgIpc) is 3.41. The molecule has 5 rings (SSSR count). The number of aryl methyl sites for hydroxylation is 2. The van der Waals surface area contributed by atoms with Crippen molar-refractivity contribution >= 4 is 11.6 Å². The number of hydrogen-bond donors (Lipinski definition) is 1. The fourth-order valence-electron chi connectivity index (χ4n) is 3.79. The van der Waals surface area contributed by atoms with Crippen LogP contribution in [0.15, 0.2) is 66.7 Å². The van der Waals surface area contributed by atoms with E-state index in [-0.39, 0.29) is 11.7 Å². The lowest BCUT2D eigenvalue weighted by Crippen LogP contribution is -2.15. The maximum Gasteiger partial charge on any atom is 0.273 e. The number of nitrogens with one attached hydrogen (secondary N) is 1. The molecule has 0 radical (unpaired) electrons. The van der Waals surface area contributed by atoms with E-state index in [1.165, 1.54) is 16.8 Å². The zero-order valence-corrected chi connectivity index (χ0v) is 20.7. The number of hydrogen-bond acceptors (Lipinski definition) is 6. The highest BCUT2D eigenvalue weighted by Crippen LogP contribution is 2.24. The molecule has 186 valence electrons. The summed E-state index contributed by atoms with van der Waals surface area (Å²) < 4.78 is 22.2. The highest BCUT2D eigenvalue weighted by molar-refractivity contribution is 6.03. The van der Waals surface area contributed by atoms with Crippen LogP contribution in [0.3, 0.4) is 0 Å². The molecule has 0 saturated heterocycles. The van der Waals surface area contributed by atoms with Crippen LogP contribution >= 0.6 is 0 Å². The Morgan fingerprint density at radius 3 is 2.27 bits per heavy atom. The fraction of sp³-hybridized carbons (Fsp3) is 0.148. The molecule has 0 aliphatic carbocycles. The van der Waals surface area contributed by atoms with Gasteiger partial charge in [0, 0.05) is 30.1 Å². The second-order valence-electron chi connectivity index (χ2n) is 8.56. The normalized spacial score (nSPS) is 10.9. The summed E-state index contributed by atoms with van der Waals surface area (Å²) in [6, 6.07) is 18.0. The van der Waals surface area contributed by atoms with Crippen LogP contribution in [-0.2, 0) is 7.05 Å². The Balaban J connectivity index is 1.24. The largest absolute Gasteiger partial charge is 0.438 e. The van der Waals surface area contributed by atoms with E-state index in [4.69, 9.17) is 4.74 Å². The van der Waals surface area contributed by atoms with Gasteiger partial charge in [-0.1, -0.05) is 0 Å².